The molecule has 0 aliphatic heterocycles. The molecule has 0 saturated carbocycles. The quantitative estimate of drug-likeness (QED) is 0.548. The van der Waals surface area contributed by atoms with E-state index in [1.807, 2.05) is 13.0 Å². The van der Waals surface area contributed by atoms with Crippen LogP contribution in [0.15, 0.2) is 23.5 Å². The third-order valence-electron chi connectivity index (χ3n) is 1.37. The molecular formula is C7H7ClN2O. The summed E-state index contributed by atoms with van der Waals surface area (Å²) in [6.45, 7) is 1.86. The number of nitrogens with zero attached hydrogens (tertiary/aromatic N) is 1. The van der Waals surface area contributed by atoms with Crippen LogP contribution in [0.25, 0.3) is 0 Å². The van der Waals surface area contributed by atoms with Gasteiger partial charge in [-0.3, -0.25) is 0 Å². The molecule has 3 nitrogen and oxygen atoms in total. The zero-order chi connectivity index (χ0) is 8.27. The van der Waals surface area contributed by atoms with Gasteiger partial charge in [-0.25, -0.2) is 5.43 Å². The van der Waals surface area contributed by atoms with Crippen LogP contribution in [0.2, 0.25) is 5.02 Å². The zero-order valence-corrected chi connectivity index (χ0v) is 6.72. The molecule has 0 atom stereocenters. The summed E-state index contributed by atoms with van der Waals surface area (Å²) < 4.78 is 0. The molecule has 0 amide bonds. The molecule has 4 heteroatoms. The maximum Gasteiger partial charge on any atom is 0.0638 e. The highest BCUT2D eigenvalue weighted by molar-refractivity contribution is 6.30. The highest BCUT2D eigenvalue weighted by Gasteiger charge is 1.96. The van der Waals surface area contributed by atoms with Crippen molar-refractivity contribution in [2.24, 2.45) is 5.29 Å². The van der Waals surface area contributed by atoms with Crippen molar-refractivity contribution in [1.82, 2.24) is 0 Å². The van der Waals surface area contributed by atoms with Gasteiger partial charge >= 0.3 is 0 Å². The van der Waals surface area contributed by atoms with Gasteiger partial charge in [0.05, 0.1) is 11.0 Å². The van der Waals surface area contributed by atoms with Crippen molar-refractivity contribution in [3.63, 3.8) is 0 Å². The number of nitroso groups, excluding NO2 is 1. The Balaban J connectivity index is 3.01. The van der Waals surface area contributed by atoms with Gasteiger partial charge in [0.25, 0.3) is 0 Å². The average molecular weight is 171 g/mol. The van der Waals surface area contributed by atoms with Gasteiger partial charge in [0.2, 0.25) is 0 Å². The van der Waals surface area contributed by atoms with Gasteiger partial charge in [-0.15, -0.1) is 4.91 Å². The number of halogens is 1. The topological polar surface area (TPSA) is 41.5 Å². The Kier molecular flexibility index (Phi) is 2.44. The predicted octanol–water partition coefficient (Wildman–Crippen LogP) is 2.74. The summed E-state index contributed by atoms with van der Waals surface area (Å²) in [5.74, 6) is 0. The van der Waals surface area contributed by atoms with E-state index in [4.69, 9.17) is 11.6 Å². The Morgan fingerprint density at radius 1 is 1.55 bits per heavy atom. The number of anilines is 1. The Hall–Kier alpha value is -1.09. The van der Waals surface area contributed by atoms with Crippen molar-refractivity contribution in [2.45, 2.75) is 6.92 Å². The lowest BCUT2D eigenvalue weighted by atomic mass is 10.2. The number of hydrogen-bond acceptors (Lipinski definition) is 2. The average Bonchev–Trinajstić information content (AvgIpc) is 1.98. The molecule has 1 aromatic carbocycles. The normalized spacial score (nSPS) is 9.27. The van der Waals surface area contributed by atoms with Gasteiger partial charge in [0, 0.05) is 5.02 Å². The van der Waals surface area contributed by atoms with Crippen LogP contribution in [-0.4, -0.2) is 0 Å². The first-order valence-electron chi connectivity index (χ1n) is 3.08. The monoisotopic (exact) mass is 170 g/mol. The second-order valence-corrected chi connectivity index (χ2v) is 2.60. The van der Waals surface area contributed by atoms with Crippen molar-refractivity contribution in [1.29, 1.82) is 0 Å². The number of benzene rings is 1. The predicted molar refractivity (Wildman–Crippen MR) is 45.6 cm³/mol. The Morgan fingerprint density at radius 2 is 2.27 bits per heavy atom. The zero-order valence-electron chi connectivity index (χ0n) is 5.97. The third kappa shape index (κ3) is 1.91. The minimum absolute atomic E-state index is 0.585. The van der Waals surface area contributed by atoms with E-state index in [0.29, 0.717) is 10.7 Å². The fourth-order valence-corrected chi connectivity index (χ4v) is 0.936. The molecule has 1 aromatic rings. The molecule has 0 saturated heterocycles. The van der Waals surface area contributed by atoms with E-state index in [2.05, 4.69) is 10.7 Å². The van der Waals surface area contributed by atoms with Crippen LogP contribution in [0.1, 0.15) is 5.56 Å². The molecule has 0 aromatic heterocycles. The van der Waals surface area contributed by atoms with Crippen molar-refractivity contribution < 1.29 is 0 Å². The summed E-state index contributed by atoms with van der Waals surface area (Å²) in [5, 5.41) is 3.13. The second kappa shape index (κ2) is 3.34. The van der Waals surface area contributed by atoms with Crippen LogP contribution in [0.3, 0.4) is 0 Å². The molecule has 0 aliphatic carbocycles. The van der Waals surface area contributed by atoms with E-state index >= 15 is 0 Å². The lowest BCUT2D eigenvalue weighted by Gasteiger charge is -2.01. The Morgan fingerprint density at radius 3 is 2.91 bits per heavy atom. The first kappa shape index (κ1) is 8.01. The maximum absolute atomic E-state index is 9.83. The number of hydrogen-bond donors (Lipinski definition) is 1. The highest BCUT2D eigenvalue weighted by Crippen LogP contribution is 2.19. The number of aryl methyl sites for hydroxylation is 1. The van der Waals surface area contributed by atoms with Gasteiger partial charge < -0.3 is 0 Å². The van der Waals surface area contributed by atoms with E-state index in [1.54, 1.807) is 12.1 Å². The molecule has 0 aliphatic rings. The first-order valence-corrected chi connectivity index (χ1v) is 3.46. The number of nitrogens with one attached hydrogen (secondary N) is 1. The minimum Gasteiger partial charge on any atom is -0.242 e. The van der Waals surface area contributed by atoms with Crippen LogP contribution >= 0.6 is 11.6 Å². The van der Waals surface area contributed by atoms with E-state index < -0.39 is 0 Å². The van der Waals surface area contributed by atoms with Crippen LogP contribution in [-0.2, 0) is 0 Å². The molecule has 1 N–H and O–H groups in total. The van der Waals surface area contributed by atoms with E-state index in [9.17, 15) is 4.91 Å². The summed E-state index contributed by atoms with van der Waals surface area (Å²) in [4.78, 5) is 9.83. The SMILES string of the molecule is Cc1ccc(Cl)cc1NN=O. The smallest absolute Gasteiger partial charge is 0.0638 e. The summed E-state index contributed by atoms with van der Waals surface area (Å²) in [7, 11) is 0. The summed E-state index contributed by atoms with van der Waals surface area (Å²) in [6, 6.07) is 5.22. The van der Waals surface area contributed by atoms with E-state index in [1.165, 1.54) is 0 Å². The molecule has 0 spiro atoms. The Labute approximate surface area is 69.3 Å². The van der Waals surface area contributed by atoms with Crippen LogP contribution in [0, 0.1) is 11.8 Å². The number of rotatable bonds is 2. The highest BCUT2D eigenvalue weighted by atomic mass is 35.5. The van der Waals surface area contributed by atoms with Crippen molar-refractivity contribution in [3.8, 4) is 0 Å². The van der Waals surface area contributed by atoms with Crippen LogP contribution < -0.4 is 5.43 Å². The van der Waals surface area contributed by atoms with E-state index in [-0.39, 0.29) is 0 Å². The summed E-state index contributed by atoms with van der Waals surface area (Å²) in [5.41, 5.74) is 3.89. The summed E-state index contributed by atoms with van der Waals surface area (Å²) >= 11 is 5.67. The summed E-state index contributed by atoms with van der Waals surface area (Å²) in [6.07, 6.45) is 0. The van der Waals surface area contributed by atoms with Gasteiger partial charge in [0.15, 0.2) is 0 Å². The van der Waals surface area contributed by atoms with Crippen molar-refractivity contribution in [2.75, 3.05) is 5.43 Å². The molecule has 0 fully saturated rings. The second-order valence-electron chi connectivity index (χ2n) is 2.16. The fourth-order valence-electron chi connectivity index (χ4n) is 0.764. The van der Waals surface area contributed by atoms with Crippen LogP contribution in [0.5, 0.6) is 0 Å². The minimum atomic E-state index is 0.585. The third-order valence-corrected chi connectivity index (χ3v) is 1.60. The molecule has 0 radical (unpaired) electrons. The lowest BCUT2D eigenvalue weighted by molar-refractivity contribution is 1.28. The standard InChI is InChI=1S/C7H7ClN2O/c1-5-2-3-6(8)4-7(5)9-10-11/h2-4H,1H3,(H,9,11). The van der Waals surface area contributed by atoms with Crippen LogP contribution in [0.4, 0.5) is 5.69 Å². The van der Waals surface area contributed by atoms with Gasteiger partial charge in [-0.05, 0) is 24.6 Å². The largest absolute Gasteiger partial charge is 0.242 e. The first-order chi connectivity index (χ1) is 5.24. The molecule has 0 heterocycles. The molecule has 11 heavy (non-hydrogen) atoms. The lowest BCUT2D eigenvalue weighted by Crippen LogP contribution is -1.88. The maximum atomic E-state index is 9.83. The molecule has 0 bridgehead atoms. The Bertz CT molecular complexity index is 275. The van der Waals surface area contributed by atoms with E-state index in [0.717, 1.165) is 5.56 Å². The van der Waals surface area contributed by atoms with Gasteiger partial charge in [0.1, 0.15) is 0 Å². The molecular weight excluding hydrogens is 164 g/mol. The van der Waals surface area contributed by atoms with Gasteiger partial charge in [-0.1, -0.05) is 17.7 Å². The van der Waals surface area contributed by atoms with Crippen molar-refractivity contribution >= 4 is 17.3 Å². The van der Waals surface area contributed by atoms with Gasteiger partial charge in [-0.2, -0.15) is 0 Å². The fraction of sp³-hybridized carbons (Fsp3) is 0.143. The molecule has 1 rings (SSSR count). The van der Waals surface area contributed by atoms with Crippen molar-refractivity contribution in [3.05, 3.63) is 33.7 Å². The molecule has 58 valence electrons. The molecule has 0 unspecified atom stereocenters.